The molecule has 0 aliphatic heterocycles. The molecule has 2 heteroatoms. The highest BCUT2D eigenvalue weighted by molar-refractivity contribution is 4.99. The molecule has 3 N–H and O–H groups in total. The van der Waals surface area contributed by atoms with Crippen molar-refractivity contribution in [2.45, 2.75) is 46.1 Å². The summed E-state index contributed by atoms with van der Waals surface area (Å²) in [6.45, 7) is 9.24. The molecule has 2 rings (SSSR count). The molecule has 2 fully saturated rings. The second kappa shape index (κ2) is 5.05. The maximum atomic E-state index is 6.30. The zero-order chi connectivity index (χ0) is 11.7. The van der Waals surface area contributed by atoms with Gasteiger partial charge in [0.25, 0.3) is 0 Å². The highest BCUT2D eigenvalue weighted by Crippen LogP contribution is 2.47. The second-order valence-electron chi connectivity index (χ2n) is 6.45. The van der Waals surface area contributed by atoms with Crippen molar-refractivity contribution < 1.29 is 0 Å². The fourth-order valence-electron chi connectivity index (χ4n) is 3.47. The molecular formula is C14H28N2. The maximum Gasteiger partial charge on any atom is 0.0110 e. The van der Waals surface area contributed by atoms with Gasteiger partial charge in [-0.05, 0) is 61.9 Å². The lowest BCUT2D eigenvalue weighted by Crippen LogP contribution is -2.42. The summed E-state index contributed by atoms with van der Waals surface area (Å²) in [5.41, 5.74) is 6.30. The molecule has 2 nitrogen and oxygen atoms in total. The van der Waals surface area contributed by atoms with E-state index >= 15 is 0 Å². The Hall–Kier alpha value is -0.0800. The molecule has 0 spiro atoms. The summed E-state index contributed by atoms with van der Waals surface area (Å²) in [6, 6.07) is 0.487. The topological polar surface area (TPSA) is 38.0 Å². The van der Waals surface area contributed by atoms with E-state index in [0.29, 0.717) is 6.04 Å². The Morgan fingerprint density at radius 2 is 1.88 bits per heavy atom. The van der Waals surface area contributed by atoms with Gasteiger partial charge in [0.15, 0.2) is 0 Å². The van der Waals surface area contributed by atoms with Crippen molar-refractivity contribution in [1.82, 2.24) is 5.32 Å². The average Bonchev–Trinajstić information content (AvgIpc) is 2.80. The van der Waals surface area contributed by atoms with Crippen LogP contribution < -0.4 is 11.1 Å². The molecule has 2 aliphatic carbocycles. The highest BCUT2D eigenvalue weighted by Gasteiger charge is 2.45. The molecule has 5 atom stereocenters. The van der Waals surface area contributed by atoms with Crippen molar-refractivity contribution in [3.8, 4) is 0 Å². The molecule has 16 heavy (non-hydrogen) atoms. The average molecular weight is 224 g/mol. The monoisotopic (exact) mass is 224 g/mol. The third-order valence-electron chi connectivity index (χ3n) is 5.14. The zero-order valence-electron chi connectivity index (χ0n) is 11.1. The summed E-state index contributed by atoms with van der Waals surface area (Å²) >= 11 is 0. The number of hydrogen-bond acceptors (Lipinski definition) is 2. The van der Waals surface area contributed by atoms with Gasteiger partial charge in [-0.2, -0.15) is 0 Å². The first-order chi connectivity index (χ1) is 7.59. The predicted octanol–water partition coefficient (Wildman–Crippen LogP) is 2.24. The Morgan fingerprint density at radius 3 is 2.44 bits per heavy atom. The third kappa shape index (κ3) is 2.43. The smallest absolute Gasteiger partial charge is 0.0110 e. The molecule has 0 aromatic rings. The zero-order valence-corrected chi connectivity index (χ0v) is 11.1. The number of nitrogens with two attached hydrogens (primary N) is 1. The van der Waals surface area contributed by atoms with Crippen LogP contribution in [0.25, 0.3) is 0 Å². The molecular weight excluding hydrogens is 196 g/mol. The molecule has 0 aromatic carbocycles. The van der Waals surface area contributed by atoms with Gasteiger partial charge in [0.2, 0.25) is 0 Å². The quantitative estimate of drug-likeness (QED) is 0.751. The van der Waals surface area contributed by atoms with Crippen LogP contribution in [0.1, 0.15) is 40.0 Å². The van der Waals surface area contributed by atoms with E-state index in [1.807, 2.05) is 0 Å². The van der Waals surface area contributed by atoms with Crippen LogP contribution in [-0.4, -0.2) is 19.1 Å². The van der Waals surface area contributed by atoms with Crippen LogP contribution in [0.3, 0.4) is 0 Å². The third-order valence-corrected chi connectivity index (χ3v) is 5.14. The van der Waals surface area contributed by atoms with Gasteiger partial charge in [-0.1, -0.05) is 20.8 Å². The Balaban J connectivity index is 1.71. The SMILES string of the molecule is CC(C)C(C)CNCC1C2CCC(C2)C1N. The van der Waals surface area contributed by atoms with Gasteiger partial charge in [-0.25, -0.2) is 0 Å². The van der Waals surface area contributed by atoms with Crippen molar-refractivity contribution >= 4 is 0 Å². The summed E-state index contributed by atoms with van der Waals surface area (Å²) < 4.78 is 0. The van der Waals surface area contributed by atoms with E-state index in [4.69, 9.17) is 5.73 Å². The van der Waals surface area contributed by atoms with Gasteiger partial charge >= 0.3 is 0 Å². The van der Waals surface area contributed by atoms with E-state index in [9.17, 15) is 0 Å². The van der Waals surface area contributed by atoms with Crippen molar-refractivity contribution in [2.24, 2.45) is 35.3 Å². The van der Waals surface area contributed by atoms with Gasteiger partial charge < -0.3 is 11.1 Å². The Bertz CT molecular complexity index is 225. The van der Waals surface area contributed by atoms with E-state index in [-0.39, 0.29) is 0 Å². The van der Waals surface area contributed by atoms with Crippen LogP contribution in [0, 0.1) is 29.6 Å². The van der Waals surface area contributed by atoms with Crippen molar-refractivity contribution in [3.63, 3.8) is 0 Å². The van der Waals surface area contributed by atoms with Crippen LogP contribution in [0.2, 0.25) is 0 Å². The van der Waals surface area contributed by atoms with Gasteiger partial charge in [0.05, 0.1) is 0 Å². The Kier molecular flexibility index (Phi) is 3.91. The maximum absolute atomic E-state index is 6.30. The van der Waals surface area contributed by atoms with Crippen molar-refractivity contribution in [2.75, 3.05) is 13.1 Å². The molecule has 0 radical (unpaired) electrons. The normalized spacial score (nSPS) is 39.6. The van der Waals surface area contributed by atoms with Gasteiger partial charge in [0.1, 0.15) is 0 Å². The summed E-state index contributed by atoms with van der Waals surface area (Å²) in [7, 11) is 0. The van der Waals surface area contributed by atoms with Gasteiger partial charge in [-0.3, -0.25) is 0 Å². The van der Waals surface area contributed by atoms with E-state index in [0.717, 1.165) is 42.7 Å². The molecule has 2 aliphatic rings. The fourth-order valence-corrected chi connectivity index (χ4v) is 3.47. The van der Waals surface area contributed by atoms with E-state index in [1.165, 1.54) is 19.3 Å². The lowest BCUT2D eigenvalue weighted by molar-refractivity contribution is 0.269. The summed E-state index contributed by atoms with van der Waals surface area (Å²) in [5.74, 6) is 4.09. The van der Waals surface area contributed by atoms with Gasteiger partial charge in [0, 0.05) is 6.04 Å². The van der Waals surface area contributed by atoms with Crippen LogP contribution in [-0.2, 0) is 0 Å². The molecule has 94 valence electrons. The molecule has 0 amide bonds. The van der Waals surface area contributed by atoms with Crippen LogP contribution >= 0.6 is 0 Å². The van der Waals surface area contributed by atoms with Crippen LogP contribution in [0.5, 0.6) is 0 Å². The van der Waals surface area contributed by atoms with E-state index in [1.54, 1.807) is 0 Å². The minimum atomic E-state index is 0.487. The van der Waals surface area contributed by atoms with Crippen molar-refractivity contribution in [3.05, 3.63) is 0 Å². The summed E-state index contributed by atoms with van der Waals surface area (Å²) in [4.78, 5) is 0. The molecule has 5 unspecified atom stereocenters. The second-order valence-corrected chi connectivity index (χ2v) is 6.45. The van der Waals surface area contributed by atoms with Crippen LogP contribution in [0.15, 0.2) is 0 Å². The largest absolute Gasteiger partial charge is 0.327 e. The first-order valence-corrected chi connectivity index (χ1v) is 7.06. The minimum absolute atomic E-state index is 0.487. The summed E-state index contributed by atoms with van der Waals surface area (Å²) in [5, 5.41) is 3.64. The molecule has 0 aromatic heterocycles. The standard InChI is InChI=1S/C14H28N2/c1-9(2)10(3)7-16-8-13-11-4-5-12(6-11)14(13)15/h9-14,16H,4-8,15H2,1-3H3. The Labute approximate surface area is 100 Å². The number of nitrogens with one attached hydrogen (secondary N) is 1. The fraction of sp³-hybridized carbons (Fsp3) is 1.00. The molecule has 0 saturated heterocycles. The first kappa shape index (κ1) is 12.4. The molecule has 2 saturated carbocycles. The van der Waals surface area contributed by atoms with Crippen molar-refractivity contribution in [1.29, 1.82) is 0 Å². The van der Waals surface area contributed by atoms with E-state index in [2.05, 4.69) is 26.1 Å². The number of fused-ring (bicyclic) bond motifs is 2. The van der Waals surface area contributed by atoms with Gasteiger partial charge in [-0.15, -0.1) is 0 Å². The first-order valence-electron chi connectivity index (χ1n) is 7.06. The van der Waals surface area contributed by atoms with Crippen LogP contribution in [0.4, 0.5) is 0 Å². The lowest BCUT2D eigenvalue weighted by Gasteiger charge is -2.29. The minimum Gasteiger partial charge on any atom is -0.327 e. The number of rotatable bonds is 5. The number of hydrogen-bond donors (Lipinski definition) is 2. The highest BCUT2D eigenvalue weighted by atomic mass is 14.9. The molecule has 2 bridgehead atoms. The lowest BCUT2D eigenvalue weighted by atomic mass is 9.85. The summed E-state index contributed by atoms with van der Waals surface area (Å²) in [6.07, 6.45) is 4.24. The predicted molar refractivity (Wildman–Crippen MR) is 69.2 cm³/mol. The molecule has 0 heterocycles. The van der Waals surface area contributed by atoms with E-state index < -0.39 is 0 Å². The Morgan fingerprint density at radius 1 is 1.19 bits per heavy atom.